The van der Waals surface area contributed by atoms with Crippen molar-refractivity contribution in [1.29, 1.82) is 0 Å². The predicted molar refractivity (Wildman–Crippen MR) is 165 cm³/mol. The Morgan fingerprint density at radius 3 is 1.30 bits per heavy atom. The van der Waals surface area contributed by atoms with Crippen molar-refractivity contribution in [2.45, 2.75) is 207 Å². The van der Waals surface area contributed by atoms with Gasteiger partial charge in [-0.3, -0.25) is 0 Å². The number of rotatable bonds is 29. The molecule has 0 aliphatic carbocycles. The fourth-order valence-corrected chi connectivity index (χ4v) is 5.80. The third-order valence-corrected chi connectivity index (χ3v) is 8.35. The summed E-state index contributed by atoms with van der Waals surface area (Å²) in [7, 11) is 0. The Labute approximate surface area is 234 Å². The highest BCUT2D eigenvalue weighted by atomic mass is 15.1. The van der Waals surface area contributed by atoms with Gasteiger partial charge in [0.15, 0.2) is 0 Å². The second-order valence-corrected chi connectivity index (χ2v) is 12.0. The molecule has 37 heavy (non-hydrogen) atoms. The first-order valence-electron chi connectivity index (χ1n) is 17.4. The highest BCUT2D eigenvalue weighted by Gasteiger charge is 2.16. The Kier molecular flexibility index (Phi) is 24.8. The van der Waals surface area contributed by atoms with Crippen molar-refractivity contribution in [2.24, 2.45) is 0 Å². The molecule has 1 heterocycles. The van der Waals surface area contributed by atoms with E-state index in [1.54, 1.807) is 5.82 Å². The lowest BCUT2D eigenvalue weighted by atomic mass is 10.1. The van der Waals surface area contributed by atoms with E-state index in [2.05, 4.69) is 42.3 Å². The number of hydrogen-bond acceptors (Lipinski definition) is 0. The first-order chi connectivity index (χ1) is 18.3. The van der Waals surface area contributed by atoms with Crippen LogP contribution in [-0.2, 0) is 19.5 Å². The van der Waals surface area contributed by atoms with Gasteiger partial charge >= 0.3 is 0 Å². The highest BCUT2D eigenvalue weighted by Crippen LogP contribution is 2.14. The van der Waals surface area contributed by atoms with Crippen molar-refractivity contribution in [2.75, 3.05) is 0 Å². The van der Waals surface area contributed by atoms with E-state index in [1.165, 1.54) is 186 Å². The average molecular weight is 518 g/mol. The van der Waals surface area contributed by atoms with Crippen LogP contribution >= 0.6 is 0 Å². The molecule has 0 radical (unpaired) electrons. The maximum absolute atomic E-state index is 2.62. The zero-order valence-electron chi connectivity index (χ0n) is 26.1. The molecule has 0 aliphatic rings. The van der Waals surface area contributed by atoms with Gasteiger partial charge in [-0.1, -0.05) is 156 Å². The number of nitrogens with zero attached hydrogens (tertiary/aromatic N) is 2. The first-order valence-corrected chi connectivity index (χ1v) is 17.4. The van der Waals surface area contributed by atoms with Crippen LogP contribution < -0.4 is 4.57 Å². The lowest BCUT2D eigenvalue weighted by molar-refractivity contribution is -0.704. The van der Waals surface area contributed by atoms with E-state index in [1.807, 2.05) is 0 Å². The molecule has 0 atom stereocenters. The molecule has 0 saturated carbocycles. The van der Waals surface area contributed by atoms with Crippen LogP contribution in [0.15, 0.2) is 12.4 Å². The fourth-order valence-electron chi connectivity index (χ4n) is 5.80. The summed E-state index contributed by atoms with van der Waals surface area (Å²) in [5.74, 6) is 1.61. The second-order valence-electron chi connectivity index (χ2n) is 12.0. The van der Waals surface area contributed by atoms with Gasteiger partial charge in [-0.2, -0.15) is 0 Å². The minimum atomic E-state index is 1.23. The van der Waals surface area contributed by atoms with Crippen LogP contribution in [0.25, 0.3) is 0 Å². The van der Waals surface area contributed by atoms with Gasteiger partial charge < -0.3 is 0 Å². The molecule has 2 heteroatoms. The Morgan fingerprint density at radius 1 is 0.459 bits per heavy atom. The third kappa shape index (κ3) is 19.9. The molecule has 1 aromatic rings. The topological polar surface area (TPSA) is 8.81 Å². The molecule has 0 unspecified atom stereocenters. The normalized spacial score (nSPS) is 11.5. The van der Waals surface area contributed by atoms with Crippen LogP contribution in [0.3, 0.4) is 0 Å². The summed E-state index contributed by atoms with van der Waals surface area (Å²) < 4.78 is 5.23. The molecule has 0 amide bonds. The largest absolute Gasteiger partial charge is 0.256 e. The molecule has 0 saturated heterocycles. The average Bonchev–Trinajstić information content (AvgIpc) is 3.29. The van der Waals surface area contributed by atoms with E-state index in [-0.39, 0.29) is 0 Å². The van der Waals surface area contributed by atoms with E-state index in [4.69, 9.17) is 0 Å². The lowest BCUT2D eigenvalue weighted by Crippen LogP contribution is -2.37. The Balaban J connectivity index is 2.30. The van der Waals surface area contributed by atoms with Crippen molar-refractivity contribution < 1.29 is 4.57 Å². The number of hydrogen-bond donors (Lipinski definition) is 0. The summed E-state index contributed by atoms with van der Waals surface area (Å²) in [6.45, 7) is 9.39. The zero-order valence-corrected chi connectivity index (χ0v) is 26.1. The van der Waals surface area contributed by atoms with Gasteiger partial charge in [0.25, 0.3) is 5.82 Å². The summed E-state index contributed by atoms with van der Waals surface area (Å²) in [6, 6.07) is 0. The predicted octanol–water partition coefficient (Wildman–Crippen LogP) is 11.5. The maximum atomic E-state index is 2.62. The lowest BCUT2D eigenvalue weighted by Gasteiger charge is -2.07. The van der Waals surface area contributed by atoms with Crippen molar-refractivity contribution in [3.8, 4) is 0 Å². The Morgan fingerprint density at radius 2 is 0.838 bits per heavy atom. The molecule has 0 bridgehead atoms. The first kappa shape index (κ1) is 34.2. The summed E-state index contributed by atoms with van der Waals surface area (Å²) in [5.41, 5.74) is 0. The van der Waals surface area contributed by atoms with Crippen LogP contribution in [-0.4, -0.2) is 4.57 Å². The van der Waals surface area contributed by atoms with Gasteiger partial charge in [0.05, 0.1) is 13.1 Å². The van der Waals surface area contributed by atoms with Crippen molar-refractivity contribution in [3.63, 3.8) is 0 Å². The van der Waals surface area contributed by atoms with Crippen LogP contribution in [0.2, 0.25) is 0 Å². The number of aromatic nitrogens is 2. The minimum Gasteiger partial charge on any atom is -0.234 e. The smallest absolute Gasteiger partial charge is 0.234 e. The van der Waals surface area contributed by atoms with E-state index >= 15 is 0 Å². The molecule has 0 aliphatic heterocycles. The van der Waals surface area contributed by atoms with Gasteiger partial charge in [-0.05, 0) is 32.1 Å². The van der Waals surface area contributed by atoms with Gasteiger partial charge in [-0.25, -0.2) is 9.13 Å². The molecule has 0 spiro atoms. The number of imidazole rings is 1. The molecule has 218 valence electrons. The van der Waals surface area contributed by atoms with Gasteiger partial charge in [0.2, 0.25) is 0 Å². The SMILES string of the molecule is CCCCCCCCCCCCCCn1cc[n+](CCCCCCCCC)c1CCCCCCCCC. The number of aryl methyl sites for hydroxylation is 2. The van der Waals surface area contributed by atoms with Crippen LogP contribution in [0, 0.1) is 0 Å². The van der Waals surface area contributed by atoms with Crippen LogP contribution in [0.5, 0.6) is 0 Å². The Hall–Kier alpha value is -0.790. The van der Waals surface area contributed by atoms with Crippen LogP contribution in [0.1, 0.15) is 194 Å². The standard InChI is InChI=1S/C35H69N2/c1-4-7-10-13-16-17-18-19-20-23-26-29-32-37-34-33-36(31-28-25-22-15-12-9-6-3)35(37)30-27-24-21-14-11-8-5-2/h33-34H,4-32H2,1-3H3/q+1. The van der Waals surface area contributed by atoms with Crippen molar-refractivity contribution in [3.05, 3.63) is 18.2 Å². The second kappa shape index (κ2) is 26.8. The number of unbranched alkanes of at least 4 members (excludes halogenated alkanes) is 23. The summed E-state index contributed by atoms with van der Waals surface area (Å²) >= 11 is 0. The third-order valence-electron chi connectivity index (χ3n) is 8.35. The molecule has 0 N–H and O–H groups in total. The monoisotopic (exact) mass is 518 g/mol. The van der Waals surface area contributed by atoms with Gasteiger partial charge in [0, 0.05) is 6.42 Å². The summed E-state index contributed by atoms with van der Waals surface area (Å²) in [4.78, 5) is 0. The van der Waals surface area contributed by atoms with Crippen LogP contribution in [0.4, 0.5) is 0 Å². The quantitative estimate of drug-likeness (QED) is 0.0737. The van der Waals surface area contributed by atoms with E-state index in [9.17, 15) is 0 Å². The molecular weight excluding hydrogens is 448 g/mol. The van der Waals surface area contributed by atoms with Crippen molar-refractivity contribution in [1.82, 2.24) is 4.57 Å². The van der Waals surface area contributed by atoms with E-state index in [0.717, 1.165) is 0 Å². The van der Waals surface area contributed by atoms with Crippen molar-refractivity contribution >= 4 is 0 Å². The Bertz CT molecular complexity index is 576. The van der Waals surface area contributed by atoms with E-state index in [0.29, 0.717) is 0 Å². The minimum absolute atomic E-state index is 1.23. The molecular formula is C35H69N2+. The fraction of sp³-hybridized carbons (Fsp3) is 0.914. The van der Waals surface area contributed by atoms with Gasteiger partial charge in [0.1, 0.15) is 12.4 Å². The summed E-state index contributed by atoms with van der Waals surface area (Å²) in [6.07, 6.45) is 42.9. The van der Waals surface area contributed by atoms with Gasteiger partial charge in [-0.15, -0.1) is 0 Å². The molecule has 2 nitrogen and oxygen atoms in total. The highest BCUT2D eigenvalue weighted by molar-refractivity contribution is 4.84. The summed E-state index contributed by atoms with van der Waals surface area (Å²) in [5, 5.41) is 0. The molecule has 1 rings (SSSR count). The zero-order chi connectivity index (χ0) is 26.7. The van der Waals surface area contributed by atoms with E-state index < -0.39 is 0 Å². The molecule has 0 fully saturated rings. The maximum Gasteiger partial charge on any atom is 0.256 e. The molecule has 0 aromatic carbocycles. The molecule has 1 aromatic heterocycles.